The molecule has 114 valence electrons. The fraction of sp³-hybridized carbons (Fsp3) is 0.938. The van der Waals surface area contributed by atoms with E-state index in [9.17, 15) is 4.79 Å². The van der Waals surface area contributed by atoms with Crippen molar-refractivity contribution in [1.29, 1.82) is 0 Å². The predicted octanol–water partition coefficient (Wildman–Crippen LogP) is 1.60. The van der Waals surface area contributed by atoms with Crippen molar-refractivity contribution in [3.63, 3.8) is 0 Å². The number of carbonyl (C=O) groups excluding carboxylic acids is 1. The van der Waals surface area contributed by atoms with Crippen molar-refractivity contribution in [1.82, 2.24) is 15.1 Å². The molecular formula is C16H29N3O. The van der Waals surface area contributed by atoms with Gasteiger partial charge in [-0.3, -0.25) is 9.69 Å². The summed E-state index contributed by atoms with van der Waals surface area (Å²) in [5, 5.41) is 3.17. The Balaban J connectivity index is 1.38. The maximum absolute atomic E-state index is 12.3. The summed E-state index contributed by atoms with van der Waals surface area (Å²) in [7, 11) is 2.20. The van der Waals surface area contributed by atoms with E-state index in [4.69, 9.17) is 0 Å². The maximum atomic E-state index is 12.3. The van der Waals surface area contributed by atoms with Crippen molar-refractivity contribution < 1.29 is 4.79 Å². The fourth-order valence-corrected chi connectivity index (χ4v) is 3.91. The molecule has 1 N–H and O–H groups in total. The van der Waals surface area contributed by atoms with Crippen LogP contribution in [0.3, 0.4) is 0 Å². The first-order valence-corrected chi connectivity index (χ1v) is 8.49. The molecule has 1 unspecified atom stereocenters. The molecule has 1 atom stereocenters. The molecule has 3 aliphatic rings. The molecule has 2 saturated carbocycles. The standard InChI is InChI=1S/C16H29N3O/c1-18(13-5-2-3-6-13)12-10-17-16(20)15-7-4-11-19(15)14-8-9-14/h13-15H,2-12H2,1H3,(H,17,20). The maximum Gasteiger partial charge on any atom is 0.237 e. The van der Waals surface area contributed by atoms with Gasteiger partial charge in [0.2, 0.25) is 5.91 Å². The summed E-state index contributed by atoms with van der Waals surface area (Å²) in [5.74, 6) is 0.272. The Labute approximate surface area is 122 Å². The van der Waals surface area contributed by atoms with E-state index in [1.54, 1.807) is 0 Å². The van der Waals surface area contributed by atoms with Crippen LogP contribution in [-0.4, -0.2) is 60.5 Å². The number of amides is 1. The number of hydrogen-bond donors (Lipinski definition) is 1. The van der Waals surface area contributed by atoms with Crippen molar-refractivity contribution in [3.05, 3.63) is 0 Å². The molecule has 3 rings (SSSR count). The molecule has 1 saturated heterocycles. The van der Waals surface area contributed by atoms with Crippen LogP contribution in [0, 0.1) is 0 Å². The van der Waals surface area contributed by atoms with E-state index in [-0.39, 0.29) is 11.9 Å². The number of carbonyl (C=O) groups is 1. The third-order valence-corrected chi connectivity index (χ3v) is 5.32. The molecule has 20 heavy (non-hydrogen) atoms. The van der Waals surface area contributed by atoms with Crippen LogP contribution in [0.1, 0.15) is 51.4 Å². The number of hydrogen-bond acceptors (Lipinski definition) is 3. The average Bonchev–Trinajstić information content (AvgIpc) is 2.97. The van der Waals surface area contributed by atoms with Gasteiger partial charge in [0.05, 0.1) is 6.04 Å². The number of likely N-dealkylation sites (tertiary alicyclic amines) is 1. The number of rotatable bonds is 6. The highest BCUT2D eigenvalue weighted by molar-refractivity contribution is 5.82. The fourth-order valence-electron chi connectivity index (χ4n) is 3.91. The van der Waals surface area contributed by atoms with Gasteiger partial charge in [-0.15, -0.1) is 0 Å². The zero-order chi connectivity index (χ0) is 13.9. The minimum Gasteiger partial charge on any atom is -0.353 e. The van der Waals surface area contributed by atoms with Crippen LogP contribution in [0.15, 0.2) is 0 Å². The van der Waals surface area contributed by atoms with Crippen LogP contribution < -0.4 is 5.32 Å². The monoisotopic (exact) mass is 279 g/mol. The summed E-state index contributed by atoms with van der Waals surface area (Å²) >= 11 is 0. The first-order chi connectivity index (χ1) is 9.75. The summed E-state index contributed by atoms with van der Waals surface area (Å²) in [4.78, 5) is 17.2. The molecule has 1 heterocycles. The van der Waals surface area contributed by atoms with Crippen molar-refractivity contribution in [3.8, 4) is 0 Å². The molecule has 1 aliphatic heterocycles. The molecule has 4 heteroatoms. The summed E-state index contributed by atoms with van der Waals surface area (Å²) < 4.78 is 0. The second-order valence-corrected chi connectivity index (χ2v) is 6.84. The van der Waals surface area contributed by atoms with Crippen LogP contribution >= 0.6 is 0 Å². The van der Waals surface area contributed by atoms with Gasteiger partial charge in [-0.05, 0) is 52.1 Å². The zero-order valence-corrected chi connectivity index (χ0v) is 12.8. The van der Waals surface area contributed by atoms with Crippen LogP contribution in [0.2, 0.25) is 0 Å². The van der Waals surface area contributed by atoms with Gasteiger partial charge in [-0.2, -0.15) is 0 Å². The zero-order valence-electron chi connectivity index (χ0n) is 12.8. The number of nitrogens with zero attached hydrogens (tertiary/aromatic N) is 2. The van der Waals surface area contributed by atoms with Gasteiger partial charge in [0.15, 0.2) is 0 Å². The minimum atomic E-state index is 0.166. The largest absolute Gasteiger partial charge is 0.353 e. The molecule has 0 aromatic rings. The highest BCUT2D eigenvalue weighted by atomic mass is 16.2. The van der Waals surface area contributed by atoms with Crippen LogP contribution in [0.5, 0.6) is 0 Å². The minimum absolute atomic E-state index is 0.166. The Hall–Kier alpha value is -0.610. The Kier molecular flexibility index (Phi) is 4.61. The molecule has 0 spiro atoms. The molecule has 0 aromatic carbocycles. The first kappa shape index (κ1) is 14.3. The second-order valence-electron chi connectivity index (χ2n) is 6.84. The van der Waals surface area contributed by atoms with Gasteiger partial charge >= 0.3 is 0 Å². The Morgan fingerprint density at radius 3 is 2.60 bits per heavy atom. The average molecular weight is 279 g/mol. The summed E-state index contributed by atoms with van der Waals surface area (Å²) in [6, 6.07) is 1.63. The van der Waals surface area contributed by atoms with Crippen molar-refractivity contribution in [2.75, 3.05) is 26.7 Å². The second kappa shape index (κ2) is 6.44. The van der Waals surface area contributed by atoms with Crippen LogP contribution in [-0.2, 0) is 4.79 Å². The molecule has 2 aliphatic carbocycles. The highest BCUT2D eigenvalue weighted by Crippen LogP contribution is 2.33. The van der Waals surface area contributed by atoms with Gasteiger partial charge in [0.1, 0.15) is 0 Å². The summed E-state index contributed by atoms with van der Waals surface area (Å²) in [6.07, 6.45) is 10.3. The third-order valence-electron chi connectivity index (χ3n) is 5.32. The van der Waals surface area contributed by atoms with Gasteiger partial charge in [0.25, 0.3) is 0 Å². The lowest BCUT2D eigenvalue weighted by atomic mass is 10.2. The smallest absolute Gasteiger partial charge is 0.237 e. The lowest BCUT2D eigenvalue weighted by Gasteiger charge is -2.26. The van der Waals surface area contributed by atoms with Crippen molar-refractivity contribution >= 4 is 5.91 Å². The molecule has 3 fully saturated rings. The third kappa shape index (κ3) is 3.34. The summed E-state index contributed by atoms with van der Waals surface area (Å²) in [6.45, 7) is 2.93. The van der Waals surface area contributed by atoms with Crippen LogP contribution in [0.25, 0.3) is 0 Å². The normalized spacial score (nSPS) is 28.4. The van der Waals surface area contributed by atoms with E-state index in [0.29, 0.717) is 0 Å². The first-order valence-electron chi connectivity index (χ1n) is 8.49. The quantitative estimate of drug-likeness (QED) is 0.802. The van der Waals surface area contributed by atoms with Gasteiger partial charge < -0.3 is 10.2 Å². The van der Waals surface area contributed by atoms with Gasteiger partial charge in [-0.1, -0.05) is 12.8 Å². The lowest BCUT2D eigenvalue weighted by Crippen LogP contribution is -2.46. The van der Waals surface area contributed by atoms with E-state index in [1.807, 2.05) is 0 Å². The molecule has 1 amide bonds. The Morgan fingerprint density at radius 2 is 1.90 bits per heavy atom. The topological polar surface area (TPSA) is 35.6 Å². The molecule has 4 nitrogen and oxygen atoms in total. The van der Waals surface area contributed by atoms with Gasteiger partial charge in [0, 0.05) is 25.2 Å². The molecule has 0 radical (unpaired) electrons. The van der Waals surface area contributed by atoms with E-state index in [0.717, 1.165) is 38.1 Å². The van der Waals surface area contributed by atoms with Crippen molar-refractivity contribution in [2.24, 2.45) is 0 Å². The van der Waals surface area contributed by atoms with E-state index >= 15 is 0 Å². The van der Waals surface area contributed by atoms with E-state index in [1.165, 1.54) is 44.9 Å². The number of likely N-dealkylation sites (N-methyl/N-ethyl adjacent to an activating group) is 1. The molecule has 0 bridgehead atoms. The Morgan fingerprint density at radius 1 is 1.15 bits per heavy atom. The molecule has 0 aromatic heterocycles. The van der Waals surface area contributed by atoms with E-state index in [2.05, 4.69) is 22.2 Å². The molecular weight excluding hydrogens is 250 g/mol. The Bertz CT molecular complexity index is 337. The van der Waals surface area contributed by atoms with Gasteiger partial charge in [-0.25, -0.2) is 0 Å². The SMILES string of the molecule is CN(CCNC(=O)C1CCCN1C1CC1)C1CCCC1. The predicted molar refractivity (Wildman–Crippen MR) is 80.6 cm³/mol. The van der Waals surface area contributed by atoms with E-state index < -0.39 is 0 Å². The lowest BCUT2D eigenvalue weighted by molar-refractivity contribution is -0.125. The summed E-state index contributed by atoms with van der Waals surface area (Å²) in [5.41, 5.74) is 0. The number of nitrogens with one attached hydrogen (secondary N) is 1. The van der Waals surface area contributed by atoms with Crippen molar-refractivity contribution in [2.45, 2.75) is 69.5 Å². The van der Waals surface area contributed by atoms with Crippen LogP contribution in [0.4, 0.5) is 0 Å². The highest BCUT2D eigenvalue weighted by Gasteiger charge is 2.39.